The summed E-state index contributed by atoms with van der Waals surface area (Å²) < 4.78 is 4.60. The predicted octanol–water partition coefficient (Wildman–Crippen LogP) is 1.29. The number of rotatable bonds is 3. The zero-order chi connectivity index (χ0) is 7.28. The minimum Gasteiger partial charge on any atom is -0.458 e. The Labute approximate surface area is 54.8 Å². The van der Waals surface area contributed by atoms with Gasteiger partial charge in [-0.1, -0.05) is 19.2 Å². The number of hydrogen-bond acceptors (Lipinski definition) is 2. The van der Waals surface area contributed by atoms with Gasteiger partial charge in [0.15, 0.2) is 0 Å². The van der Waals surface area contributed by atoms with Crippen LogP contribution < -0.4 is 0 Å². The van der Waals surface area contributed by atoms with Gasteiger partial charge in [-0.15, -0.1) is 0 Å². The van der Waals surface area contributed by atoms with E-state index >= 15 is 0 Å². The Bertz CT molecular complexity index is 136. The van der Waals surface area contributed by atoms with Crippen molar-refractivity contribution in [2.45, 2.75) is 6.92 Å². The summed E-state index contributed by atoms with van der Waals surface area (Å²) >= 11 is 0. The molecule has 0 rings (SSSR count). The molecule has 0 saturated heterocycles. The molecule has 0 aliphatic rings. The molecule has 0 spiro atoms. The summed E-state index contributed by atoms with van der Waals surface area (Å²) in [5, 5.41) is 0. The molecule has 0 radical (unpaired) electrons. The van der Waals surface area contributed by atoms with E-state index in [2.05, 4.69) is 17.9 Å². The van der Waals surface area contributed by atoms with Crippen molar-refractivity contribution >= 4 is 5.97 Å². The van der Waals surface area contributed by atoms with Crippen molar-refractivity contribution in [3.05, 3.63) is 24.8 Å². The lowest BCUT2D eigenvalue weighted by atomic mass is 10.4. The third-order valence-electron chi connectivity index (χ3n) is 0.681. The largest absolute Gasteiger partial charge is 0.458 e. The molecule has 0 aromatic heterocycles. The fourth-order valence-corrected chi connectivity index (χ4v) is 0.258. The molecule has 0 saturated carbocycles. The molecular weight excluding hydrogens is 116 g/mol. The molecule has 0 aromatic carbocycles. The van der Waals surface area contributed by atoms with Gasteiger partial charge in [0.2, 0.25) is 0 Å². The van der Waals surface area contributed by atoms with Crippen LogP contribution in [0.5, 0.6) is 0 Å². The van der Waals surface area contributed by atoms with E-state index in [4.69, 9.17) is 0 Å². The molecule has 50 valence electrons. The van der Waals surface area contributed by atoms with Gasteiger partial charge in [-0.2, -0.15) is 0 Å². The molecule has 0 atom stereocenters. The second-order valence-corrected chi connectivity index (χ2v) is 1.67. The second-order valence-electron chi connectivity index (χ2n) is 1.67. The molecule has 0 aromatic rings. The summed E-state index contributed by atoms with van der Waals surface area (Å²) in [6.45, 7) is 8.64. The number of carbonyl (C=O) groups is 1. The highest BCUT2D eigenvalue weighted by atomic mass is 16.5. The topological polar surface area (TPSA) is 26.3 Å². The van der Waals surface area contributed by atoms with E-state index < -0.39 is 0 Å². The van der Waals surface area contributed by atoms with Crippen LogP contribution in [0.3, 0.4) is 0 Å². The van der Waals surface area contributed by atoms with E-state index in [-0.39, 0.29) is 12.6 Å². The maximum absolute atomic E-state index is 10.5. The fraction of sp³-hybridized carbons (Fsp3) is 0.286. The van der Waals surface area contributed by atoms with Crippen molar-refractivity contribution in [3.8, 4) is 0 Å². The highest BCUT2D eigenvalue weighted by molar-refractivity contribution is 5.86. The van der Waals surface area contributed by atoms with Crippen molar-refractivity contribution < 1.29 is 9.53 Å². The predicted molar refractivity (Wildman–Crippen MR) is 36.0 cm³/mol. The highest BCUT2D eigenvalue weighted by Gasteiger charge is 1.98. The average Bonchev–Trinajstić information content (AvgIpc) is 1.82. The Morgan fingerprint density at radius 3 is 2.67 bits per heavy atom. The number of ether oxygens (including phenoxy) is 1. The number of esters is 1. The molecular formula is C7H10O2. The quantitative estimate of drug-likeness (QED) is 0.323. The summed E-state index contributed by atoms with van der Waals surface area (Å²) in [4.78, 5) is 10.5. The SMILES string of the molecule is C=CCO[12C](=O)C(=C)C. The summed E-state index contributed by atoms with van der Waals surface area (Å²) in [5.41, 5.74) is 0.414. The van der Waals surface area contributed by atoms with Gasteiger partial charge in [0.1, 0.15) is 6.61 Å². The van der Waals surface area contributed by atoms with Crippen LogP contribution in [0, 0.1) is 0 Å². The second kappa shape index (κ2) is 3.89. The molecule has 2 heteroatoms. The van der Waals surface area contributed by atoms with E-state index in [1.807, 2.05) is 0 Å². The highest BCUT2D eigenvalue weighted by Crippen LogP contribution is 1.90. The van der Waals surface area contributed by atoms with E-state index in [9.17, 15) is 4.79 Å². The van der Waals surface area contributed by atoms with Crippen molar-refractivity contribution in [1.29, 1.82) is 0 Å². The molecule has 0 fully saturated rings. The summed E-state index contributed by atoms with van der Waals surface area (Å²) in [7, 11) is 0. The molecule has 0 aliphatic carbocycles. The Morgan fingerprint density at radius 2 is 2.33 bits per heavy atom. The van der Waals surface area contributed by atoms with Crippen LogP contribution in [0.1, 0.15) is 6.92 Å². The lowest BCUT2D eigenvalue weighted by Crippen LogP contribution is -2.03. The first-order valence-electron chi connectivity index (χ1n) is 2.62. The van der Waals surface area contributed by atoms with Gasteiger partial charge in [0.05, 0.1) is 0 Å². The van der Waals surface area contributed by atoms with Gasteiger partial charge in [-0.3, -0.25) is 0 Å². The van der Waals surface area contributed by atoms with Gasteiger partial charge in [-0.05, 0) is 6.92 Å². The van der Waals surface area contributed by atoms with E-state index in [1.54, 1.807) is 6.92 Å². The zero-order valence-electron chi connectivity index (χ0n) is 5.52. The minimum absolute atomic E-state index is 0.256. The maximum atomic E-state index is 10.5. The Hall–Kier alpha value is -1.05. The first-order chi connectivity index (χ1) is 4.18. The Balaban J connectivity index is 3.51. The molecule has 0 N–H and O–H groups in total. The normalized spacial score (nSPS) is 8.11. The number of carbonyl (C=O) groups excluding carboxylic acids is 1. The van der Waals surface area contributed by atoms with Crippen LogP contribution in [0.2, 0.25) is 0 Å². The average molecular weight is 126 g/mol. The van der Waals surface area contributed by atoms with Crippen LogP contribution in [0.4, 0.5) is 0 Å². The molecule has 0 heterocycles. The lowest BCUT2D eigenvalue weighted by Gasteiger charge is -1.97. The van der Waals surface area contributed by atoms with E-state index in [1.165, 1.54) is 6.08 Å². The lowest BCUT2D eigenvalue weighted by molar-refractivity contribution is -0.137. The maximum Gasteiger partial charge on any atom is 0.333 e. The molecule has 0 amide bonds. The minimum atomic E-state index is -0.366. The third kappa shape index (κ3) is 3.53. The molecule has 0 bridgehead atoms. The van der Waals surface area contributed by atoms with Crippen molar-refractivity contribution in [3.63, 3.8) is 0 Å². The van der Waals surface area contributed by atoms with Crippen molar-refractivity contribution in [1.82, 2.24) is 0 Å². The van der Waals surface area contributed by atoms with Crippen LogP contribution in [-0.2, 0) is 9.53 Å². The van der Waals surface area contributed by atoms with Gasteiger partial charge in [0, 0.05) is 5.57 Å². The number of hydrogen-bond donors (Lipinski definition) is 0. The standard InChI is InChI=1S/C7H10O2/c1-4-5-9-7(8)6(2)3/h4H,1-2,5H2,3H3/i7+0. The first kappa shape index (κ1) is 7.95. The zero-order valence-corrected chi connectivity index (χ0v) is 5.52. The van der Waals surface area contributed by atoms with Crippen LogP contribution in [0.15, 0.2) is 24.8 Å². The molecule has 0 unspecified atom stereocenters. The van der Waals surface area contributed by atoms with Crippen LogP contribution >= 0.6 is 0 Å². The van der Waals surface area contributed by atoms with Gasteiger partial charge >= 0.3 is 5.97 Å². The van der Waals surface area contributed by atoms with Gasteiger partial charge < -0.3 is 4.74 Å². The fourth-order valence-electron chi connectivity index (χ4n) is 0.258. The smallest absolute Gasteiger partial charge is 0.333 e. The monoisotopic (exact) mass is 126 g/mol. The molecule has 9 heavy (non-hydrogen) atoms. The van der Waals surface area contributed by atoms with Crippen LogP contribution in [0.25, 0.3) is 0 Å². The Kier molecular flexibility index (Phi) is 3.44. The molecule has 2 nitrogen and oxygen atoms in total. The van der Waals surface area contributed by atoms with Crippen molar-refractivity contribution in [2.24, 2.45) is 0 Å². The van der Waals surface area contributed by atoms with Gasteiger partial charge in [0.25, 0.3) is 0 Å². The summed E-state index contributed by atoms with van der Waals surface area (Å²) in [5.74, 6) is -0.366. The van der Waals surface area contributed by atoms with Gasteiger partial charge in [-0.25, -0.2) is 4.79 Å². The van der Waals surface area contributed by atoms with Crippen molar-refractivity contribution in [2.75, 3.05) is 6.61 Å². The Morgan fingerprint density at radius 1 is 1.78 bits per heavy atom. The first-order valence-corrected chi connectivity index (χ1v) is 2.62. The summed E-state index contributed by atoms with van der Waals surface area (Å²) in [6, 6.07) is 0. The molecule has 0 aliphatic heterocycles. The van der Waals surface area contributed by atoms with Crippen LogP contribution in [-0.4, -0.2) is 12.6 Å². The van der Waals surface area contributed by atoms with E-state index in [0.29, 0.717) is 5.57 Å². The summed E-state index contributed by atoms with van der Waals surface area (Å²) in [6.07, 6.45) is 1.51. The van der Waals surface area contributed by atoms with E-state index in [0.717, 1.165) is 0 Å². The third-order valence-corrected chi connectivity index (χ3v) is 0.681.